The zero-order valence-corrected chi connectivity index (χ0v) is 12.9. The van der Waals surface area contributed by atoms with Crippen molar-refractivity contribution >= 4 is 75.6 Å². The summed E-state index contributed by atoms with van der Waals surface area (Å²) < 4.78 is 3.42. The molecule has 0 N–H and O–H groups in total. The lowest BCUT2D eigenvalue weighted by molar-refractivity contribution is -0.146. The van der Waals surface area contributed by atoms with Crippen molar-refractivity contribution in [3.8, 4) is 0 Å². The molecule has 0 radical (unpaired) electrons. The Labute approximate surface area is 128 Å². The van der Waals surface area contributed by atoms with Crippen LogP contribution in [0.5, 0.6) is 0 Å². The SMILES string of the molecule is CC(=O)O[C@@H]1C[C@]2(Cl)C(Cl)=C(Cl)[C@@]1(Cl)C2(Cl)Cl. The minimum atomic E-state index is -1.64. The Hall–Kier alpha value is 0.950. The lowest BCUT2D eigenvalue weighted by Crippen LogP contribution is -2.46. The van der Waals surface area contributed by atoms with E-state index in [-0.39, 0.29) is 16.5 Å². The molecule has 96 valence electrons. The molecule has 0 unspecified atom stereocenters. The van der Waals surface area contributed by atoms with Crippen LogP contribution in [0.2, 0.25) is 0 Å². The van der Waals surface area contributed by atoms with E-state index in [1.54, 1.807) is 0 Å². The molecule has 0 aromatic carbocycles. The molecule has 0 aliphatic heterocycles. The zero-order valence-electron chi connectivity index (χ0n) is 8.37. The fraction of sp³-hybridized carbons (Fsp3) is 0.667. The van der Waals surface area contributed by atoms with Crippen LogP contribution in [-0.4, -0.2) is 26.2 Å². The maximum absolute atomic E-state index is 11.0. The average Bonchev–Trinajstić information content (AvgIpc) is 2.40. The van der Waals surface area contributed by atoms with Crippen LogP contribution in [-0.2, 0) is 9.53 Å². The van der Waals surface area contributed by atoms with Gasteiger partial charge < -0.3 is 4.74 Å². The summed E-state index contributed by atoms with van der Waals surface area (Å²) in [6, 6.07) is 0. The molecule has 1 saturated carbocycles. The molecule has 2 bridgehead atoms. The van der Waals surface area contributed by atoms with E-state index in [0.717, 1.165) is 0 Å². The van der Waals surface area contributed by atoms with E-state index in [1.807, 2.05) is 0 Å². The lowest BCUT2D eigenvalue weighted by atomic mass is 10.0. The van der Waals surface area contributed by atoms with Gasteiger partial charge in [0.05, 0.1) is 10.1 Å². The zero-order chi connectivity index (χ0) is 13.2. The van der Waals surface area contributed by atoms with Crippen molar-refractivity contribution in [2.75, 3.05) is 0 Å². The first-order valence-corrected chi connectivity index (χ1v) is 6.85. The van der Waals surface area contributed by atoms with Crippen molar-refractivity contribution in [2.45, 2.75) is 33.5 Å². The van der Waals surface area contributed by atoms with Gasteiger partial charge in [0, 0.05) is 13.3 Å². The third-order valence-electron chi connectivity index (χ3n) is 3.03. The van der Waals surface area contributed by atoms with Crippen LogP contribution in [0.4, 0.5) is 0 Å². The number of hydrogen-bond acceptors (Lipinski definition) is 2. The number of carbonyl (C=O) groups excluding carboxylic acids is 1. The van der Waals surface area contributed by atoms with Crippen LogP contribution in [0, 0.1) is 0 Å². The number of fused-ring (bicyclic) bond motifs is 2. The third kappa shape index (κ3) is 1.52. The molecule has 0 heterocycles. The number of rotatable bonds is 1. The van der Waals surface area contributed by atoms with Gasteiger partial charge in [0.2, 0.25) is 0 Å². The van der Waals surface area contributed by atoms with Gasteiger partial charge in [-0.15, -0.1) is 23.2 Å². The summed E-state index contributed by atoms with van der Waals surface area (Å²) in [6.45, 7) is 1.25. The van der Waals surface area contributed by atoms with Crippen molar-refractivity contribution in [3.63, 3.8) is 0 Å². The number of halogens is 6. The summed E-state index contributed by atoms with van der Waals surface area (Å²) >= 11 is 37.0. The highest BCUT2D eigenvalue weighted by Crippen LogP contribution is 2.72. The van der Waals surface area contributed by atoms with E-state index in [4.69, 9.17) is 74.3 Å². The Morgan fingerprint density at radius 3 is 2.12 bits per heavy atom. The normalized spacial score (nSPS) is 43.1. The number of alkyl halides is 4. The maximum Gasteiger partial charge on any atom is 0.302 e. The fourth-order valence-electron chi connectivity index (χ4n) is 2.18. The number of carbonyl (C=O) groups is 1. The molecular formula is C9H6Cl6O2. The summed E-state index contributed by atoms with van der Waals surface area (Å²) in [5.74, 6) is -0.521. The molecule has 8 heteroatoms. The molecule has 2 rings (SSSR count). The molecule has 3 atom stereocenters. The van der Waals surface area contributed by atoms with Gasteiger partial charge in [-0.3, -0.25) is 4.79 Å². The second-order valence-electron chi connectivity index (χ2n) is 4.02. The monoisotopic (exact) mass is 356 g/mol. The van der Waals surface area contributed by atoms with Crippen LogP contribution in [0.15, 0.2) is 10.1 Å². The molecular weight excluding hydrogens is 353 g/mol. The second-order valence-corrected chi connectivity index (χ2v) is 7.34. The minimum absolute atomic E-state index is 0.0262. The number of ether oxygens (including phenoxy) is 1. The summed E-state index contributed by atoms with van der Waals surface area (Å²) in [5, 5.41) is 0.127. The Morgan fingerprint density at radius 1 is 1.24 bits per heavy atom. The average molecular weight is 359 g/mol. The molecule has 0 saturated heterocycles. The molecule has 0 amide bonds. The third-order valence-corrected chi connectivity index (χ3v) is 7.29. The van der Waals surface area contributed by atoms with Crippen LogP contribution in [0.25, 0.3) is 0 Å². The lowest BCUT2D eigenvalue weighted by Gasteiger charge is -2.32. The summed E-state index contributed by atoms with van der Waals surface area (Å²) in [4.78, 5) is 8.17. The first-order valence-electron chi connectivity index (χ1n) is 4.58. The predicted octanol–water partition coefficient (Wildman–Crippen LogP) is 4.15. The van der Waals surface area contributed by atoms with E-state index in [0.29, 0.717) is 0 Å². The molecule has 0 aromatic rings. The van der Waals surface area contributed by atoms with Gasteiger partial charge in [0.1, 0.15) is 11.0 Å². The Bertz CT molecular complexity index is 433. The Morgan fingerprint density at radius 2 is 1.76 bits per heavy atom. The number of esters is 1. The number of hydrogen-bond donors (Lipinski definition) is 0. The second kappa shape index (κ2) is 3.97. The summed E-state index contributed by atoms with van der Waals surface area (Å²) in [5.41, 5.74) is 0. The van der Waals surface area contributed by atoms with E-state index in [9.17, 15) is 4.79 Å². The smallest absolute Gasteiger partial charge is 0.302 e. The van der Waals surface area contributed by atoms with Crippen LogP contribution < -0.4 is 0 Å². The van der Waals surface area contributed by atoms with Crippen LogP contribution in [0.3, 0.4) is 0 Å². The molecule has 2 aliphatic rings. The fourth-order valence-corrected chi connectivity index (χ4v) is 4.85. The van der Waals surface area contributed by atoms with Crippen molar-refractivity contribution in [1.82, 2.24) is 0 Å². The molecule has 0 aromatic heterocycles. The summed E-state index contributed by atoms with van der Waals surface area (Å²) in [7, 11) is 0. The van der Waals surface area contributed by atoms with Gasteiger partial charge in [0.15, 0.2) is 9.21 Å². The Balaban J connectivity index is 2.54. The predicted molar refractivity (Wildman–Crippen MR) is 70.5 cm³/mol. The summed E-state index contributed by atoms with van der Waals surface area (Å²) in [6.07, 6.45) is -0.705. The van der Waals surface area contributed by atoms with Gasteiger partial charge in [-0.05, 0) is 0 Å². The van der Waals surface area contributed by atoms with Gasteiger partial charge in [-0.1, -0.05) is 46.4 Å². The van der Waals surface area contributed by atoms with E-state index >= 15 is 0 Å². The van der Waals surface area contributed by atoms with Crippen molar-refractivity contribution in [1.29, 1.82) is 0 Å². The van der Waals surface area contributed by atoms with Crippen LogP contribution >= 0.6 is 69.6 Å². The first-order chi connectivity index (χ1) is 7.59. The molecule has 2 nitrogen and oxygen atoms in total. The highest BCUT2D eigenvalue weighted by molar-refractivity contribution is 6.65. The minimum Gasteiger partial charge on any atom is -0.460 e. The van der Waals surface area contributed by atoms with E-state index in [2.05, 4.69) is 0 Å². The largest absolute Gasteiger partial charge is 0.460 e. The van der Waals surface area contributed by atoms with Crippen molar-refractivity contribution in [3.05, 3.63) is 10.1 Å². The number of allylic oxidation sites excluding steroid dienone is 1. The van der Waals surface area contributed by atoms with Crippen molar-refractivity contribution < 1.29 is 9.53 Å². The van der Waals surface area contributed by atoms with Gasteiger partial charge >= 0.3 is 5.97 Å². The van der Waals surface area contributed by atoms with Gasteiger partial charge in [-0.2, -0.15) is 0 Å². The van der Waals surface area contributed by atoms with Crippen LogP contribution in [0.1, 0.15) is 13.3 Å². The molecule has 17 heavy (non-hydrogen) atoms. The molecule has 0 spiro atoms. The first kappa shape index (κ1) is 14.4. The standard InChI is InChI=1S/C9H6Cl6O2/c1-3(16)17-4-2-7(12)5(10)6(11)8(4,13)9(7,14)15/h4H,2H2,1H3/t4-,7+,8-/m1/s1. The quantitative estimate of drug-likeness (QED) is 0.520. The van der Waals surface area contributed by atoms with E-state index < -0.39 is 26.2 Å². The molecule has 1 fully saturated rings. The van der Waals surface area contributed by atoms with Gasteiger partial charge in [-0.25, -0.2) is 0 Å². The van der Waals surface area contributed by atoms with Crippen molar-refractivity contribution in [2.24, 2.45) is 0 Å². The van der Waals surface area contributed by atoms with Gasteiger partial charge in [0.25, 0.3) is 0 Å². The highest BCUT2D eigenvalue weighted by atomic mass is 35.5. The Kier molecular flexibility index (Phi) is 3.36. The molecule has 2 aliphatic carbocycles. The topological polar surface area (TPSA) is 26.3 Å². The highest BCUT2D eigenvalue weighted by Gasteiger charge is 2.79. The van der Waals surface area contributed by atoms with E-state index in [1.165, 1.54) is 6.92 Å². The maximum atomic E-state index is 11.0.